The van der Waals surface area contributed by atoms with E-state index in [4.69, 9.17) is 11.6 Å². The molecule has 2 unspecified atom stereocenters. The van der Waals surface area contributed by atoms with Crippen molar-refractivity contribution in [3.8, 4) is 0 Å². The van der Waals surface area contributed by atoms with Crippen LogP contribution in [-0.4, -0.2) is 21.1 Å². The van der Waals surface area contributed by atoms with Crippen LogP contribution in [0.2, 0.25) is 0 Å². The summed E-state index contributed by atoms with van der Waals surface area (Å²) in [6.07, 6.45) is 6.28. The number of benzene rings is 1. The summed E-state index contributed by atoms with van der Waals surface area (Å²) in [5, 5.41) is 0.556. The van der Waals surface area contributed by atoms with E-state index in [1.807, 2.05) is 16.3 Å². The summed E-state index contributed by atoms with van der Waals surface area (Å²) in [6, 6.07) is 2.79. The third kappa shape index (κ3) is 2.66. The maximum absolute atomic E-state index is 14.3. The van der Waals surface area contributed by atoms with Crippen LogP contribution >= 0.6 is 23.4 Å². The van der Waals surface area contributed by atoms with Crippen LogP contribution < -0.4 is 0 Å². The Bertz CT molecular complexity index is 659. The lowest BCUT2D eigenvalue weighted by molar-refractivity contribution is 0.359. The fraction of sp³-hybridized carbons (Fsp3) is 0.533. The zero-order valence-corrected chi connectivity index (χ0v) is 13.4. The molecular weight excluding hydrogens is 314 g/mol. The Kier molecular flexibility index (Phi) is 4.41. The van der Waals surface area contributed by atoms with Crippen LogP contribution in [0.15, 0.2) is 12.1 Å². The van der Waals surface area contributed by atoms with Crippen LogP contribution in [0, 0.1) is 11.6 Å². The maximum Gasteiger partial charge on any atom is 0.184 e. The van der Waals surface area contributed by atoms with Gasteiger partial charge in [-0.25, -0.2) is 13.8 Å². The first kappa shape index (κ1) is 15.1. The molecule has 1 heterocycles. The lowest BCUT2D eigenvalue weighted by Crippen LogP contribution is -2.22. The number of imidazole rings is 1. The molecule has 1 aliphatic carbocycles. The van der Waals surface area contributed by atoms with Crippen LogP contribution in [0.1, 0.15) is 37.5 Å². The van der Waals surface area contributed by atoms with Gasteiger partial charge in [0.2, 0.25) is 0 Å². The summed E-state index contributed by atoms with van der Waals surface area (Å²) >= 11 is 7.82. The van der Waals surface area contributed by atoms with Gasteiger partial charge < -0.3 is 4.57 Å². The predicted molar refractivity (Wildman–Crippen MR) is 84.0 cm³/mol. The minimum absolute atomic E-state index is 0.145. The number of thioether (sulfide) groups is 1. The summed E-state index contributed by atoms with van der Waals surface area (Å²) in [7, 11) is 0. The molecule has 0 bridgehead atoms. The monoisotopic (exact) mass is 330 g/mol. The van der Waals surface area contributed by atoms with Crippen molar-refractivity contribution in [2.45, 2.75) is 42.9 Å². The molecule has 0 aliphatic heterocycles. The molecule has 1 fully saturated rings. The topological polar surface area (TPSA) is 17.8 Å². The third-order valence-electron chi connectivity index (χ3n) is 4.23. The minimum Gasteiger partial charge on any atom is -0.321 e. The quantitative estimate of drug-likeness (QED) is 0.745. The largest absolute Gasteiger partial charge is 0.321 e. The number of rotatable bonds is 3. The molecule has 6 heteroatoms. The van der Waals surface area contributed by atoms with Gasteiger partial charge in [-0.15, -0.1) is 11.6 Å². The van der Waals surface area contributed by atoms with Crippen molar-refractivity contribution >= 4 is 34.4 Å². The van der Waals surface area contributed by atoms with Crippen LogP contribution in [-0.2, 0) is 5.88 Å². The standard InChI is InChI=1S/C15H17ClF2N2S/c1-21-10-4-2-3-9(7-10)20-13(8-16)19-12-6-5-11(17)14(18)15(12)20/h5-6,9-10H,2-4,7-8H2,1H3. The fourth-order valence-corrected chi connectivity index (χ4v) is 4.23. The molecule has 1 aliphatic rings. The molecule has 0 radical (unpaired) electrons. The van der Waals surface area contributed by atoms with Crippen LogP contribution in [0.3, 0.4) is 0 Å². The average molecular weight is 331 g/mol. The fourth-order valence-electron chi connectivity index (χ4n) is 3.23. The first-order chi connectivity index (χ1) is 10.2. The van der Waals surface area contributed by atoms with E-state index in [1.54, 1.807) is 0 Å². The van der Waals surface area contributed by atoms with Gasteiger partial charge in [0.1, 0.15) is 11.3 Å². The van der Waals surface area contributed by atoms with Crippen LogP contribution in [0.4, 0.5) is 8.78 Å². The number of nitrogens with zero attached hydrogens (tertiary/aromatic N) is 2. The highest BCUT2D eigenvalue weighted by Gasteiger charge is 2.27. The average Bonchev–Trinajstić information content (AvgIpc) is 2.90. The highest BCUT2D eigenvalue weighted by Crippen LogP contribution is 2.37. The molecule has 21 heavy (non-hydrogen) atoms. The van der Waals surface area contributed by atoms with Gasteiger partial charge in [-0.1, -0.05) is 6.42 Å². The molecule has 2 aromatic rings. The first-order valence-electron chi connectivity index (χ1n) is 7.09. The third-order valence-corrected chi connectivity index (χ3v) is 5.57. The molecule has 1 aromatic carbocycles. The second kappa shape index (κ2) is 6.13. The van der Waals surface area contributed by atoms with E-state index in [0.29, 0.717) is 16.6 Å². The summed E-state index contributed by atoms with van der Waals surface area (Å²) in [4.78, 5) is 4.38. The van der Waals surface area contributed by atoms with Crippen molar-refractivity contribution in [2.24, 2.45) is 0 Å². The summed E-state index contributed by atoms with van der Waals surface area (Å²) in [6.45, 7) is 0. The van der Waals surface area contributed by atoms with Gasteiger partial charge in [-0.05, 0) is 37.7 Å². The minimum atomic E-state index is -0.831. The highest BCUT2D eigenvalue weighted by molar-refractivity contribution is 7.99. The van der Waals surface area contributed by atoms with Gasteiger partial charge >= 0.3 is 0 Å². The van der Waals surface area contributed by atoms with Gasteiger partial charge in [0.25, 0.3) is 0 Å². The molecule has 3 rings (SSSR count). The number of alkyl halides is 1. The SMILES string of the molecule is CSC1CCCC(n2c(CCl)nc3ccc(F)c(F)c32)C1. The van der Waals surface area contributed by atoms with Crippen molar-refractivity contribution < 1.29 is 8.78 Å². The molecule has 0 N–H and O–H groups in total. The summed E-state index contributed by atoms with van der Waals surface area (Å²) in [5.74, 6) is -0.816. The lowest BCUT2D eigenvalue weighted by Gasteiger charge is -2.30. The Hall–Kier alpha value is -0.810. The molecular formula is C15H17ClF2N2S. The van der Waals surface area contributed by atoms with Gasteiger partial charge in [0.15, 0.2) is 11.6 Å². The van der Waals surface area contributed by atoms with E-state index >= 15 is 0 Å². The summed E-state index contributed by atoms with van der Waals surface area (Å²) in [5.41, 5.74) is 0.744. The Balaban J connectivity index is 2.13. The maximum atomic E-state index is 14.3. The smallest absolute Gasteiger partial charge is 0.184 e. The Morgan fingerprint density at radius 2 is 2.19 bits per heavy atom. The van der Waals surface area contributed by atoms with Crippen LogP contribution in [0.5, 0.6) is 0 Å². The molecule has 2 nitrogen and oxygen atoms in total. The number of halogens is 3. The van der Waals surface area contributed by atoms with E-state index in [1.165, 1.54) is 12.5 Å². The van der Waals surface area contributed by atoms with Crippen molar-refractivity contribution in [3.05, 3.63) is 29.6 Å². The normalized spacial score (nSPS) is 22.9. The zero-order valence-electron chi connectivity index (χ0n) is 11.8. The van der Waals surface area contributed by atoms with E-state index in [2.05, 4.69) is 11.2 Å². The van der Waals surface area contributed by atoms with Crippen LogP contribution in [0.25, 0.3) is 11.0 Å². The van der Waals surface area contributed by atoms with Gasteiger partial charge in [-0.2, -0.15) is 11.8 Å². The molecule has 1 saturated carbocycles. The van der Waals surface area contributed by atoms with Crippen molar-refractivity contribution in [1.82, 2.24) is 9.55 Å². The molecule has 0 amide bonds. The second-order valence-electron chi connectivity index (χ2n) is 5.44. The molecule has 2 atom stereocenters. The first-order valence-corrected chi connectivity index (χ1v) is 8.91. The number of hydrogen-bond acceptors (Lipinski definition) is 2. The van der Waals surface area contributed by atoms with Gasteiger partial charge in [0.05, 0.1) is 11.4 Å². The number of aromatic nitrogens is 2. The Morgan fingerprint density at radius 1 is 1.38 bits per heavy atom. The van der Waals surface area contributed by atoms with Crippen molar-refractivity contribution in [2.75, 3.05) is 6.26 Å². The van der Waals surface area contributed by atoms with Crippen molar-refractivity contribution in [3.63, 3.8) is 0 Å². The lowest BCUT2D eigenvalue weighted by atomic mass is 9.94. The van der Waals surface area contributed by atoms with E-state index in [9.17, 15) is 8.78 Å². The zero-order chi connectivity index (χ0) is 15.0. The Labute approximate surface area is 131 Å². The number of hydrogen-bond donors (Lipinski definition) is 0. The Morgan fingerprint density at radius 3 is 2.90 bits per heavy atom. The molecule has 114 valence electrons. The van der Waals surface area contributed by atoms with Gasteiger partial charge in [-0.3, -0.25) is 0 Å². The molecule has 1 aromatic heterocycles. The van der Waals surface area contributed by atoms with E-state index in [-0.39, 0.29) is 17.4 Å². The van der Waals surface area contributed by atoms with Gasteiger partial charge in [0, 0.05) is 11.3 Å². The predicted octanol–water partition coefficient (Wildman–Crippen LogP) is 4.90. The second-order valence-corrected chi connectivity index (χ2v) is 6.84. The summed E-state index contributed by atoms with van der Waals surface area (Å²) < 4.78 is 29.7. The number of fused-ring (bicyclic) bond motifs is 1. The highest BCUT2D eigenvalue weighted by atomic mass is 35.5. The van der Waals surface area contributed by atoms with Crippen molar-refractivity contribution in [1.29, 1.82) is 0 Å². The van der Waals surface area contributed by atoms with E-state index < -0.39 is 11.6 Å². The van der Waals surface area contributed by atoms with E-state index in [0.717, 1.165) is 25.3 Å². The molecule has 0 spiro atoms. The molecule has 0 saturated heterocycles.